The van der Waals surface area contributed by atoms with Crippen LogP contribution in [0.4, 0.5) is 19.1 Å². The normalized spacial score (nSPS) is 15.3. The summed E-state index contributed by atoms with van der Waals surface area (Å²) >= 11 is 0. The van der Waals surface area contributed by atoms with Gasteiger partial charge in [0.05, 0.1) is 10.6 Å². The summed E-state index contributed by atoms with van der Waals surface area (Å²) in [7, 11) is 4.63. The first-order chi connectivity index (χ1) is 11.9. The lowest BCUT2D eigenvalue weighted by Gasteiger charge is -2.17. The molecule has 1 aliphatic rings. The van der Waals surface area contributed by atoms with Gasteiger partial charge in [-0.1, -0.05) is 0 Å². The van der Waals surface area contributed by atoms with Gasteiger partial charge in [0, 0.05) is 24.8 Å². The summed E-state index contributed by atoms with van der Waals surface area (Å²) in [6.45, 7) is 1.53. The Labute approximate surface area is 153 Å². The van der Waals surface area contributed by atoms with Crippen LogP contribution < -0.4 is 4.90 Å². The third-order valence-corrected chi connectivity index (χ3v) is 5.54. The van der Waals surface area contributed by atoms with Crippen molar-refractivity contribution in [3.05, 3.63) is 29.1 Å². The second-order valence-electron chi connectivity index (χ2n) is 6.43. The number of hydrogen-bond acceptors (Lipinski definition) is 5. The number of hydrogen-bond donors (Lipinski definition) is 0. The molecule has 1 aliphatic carbocycles. The highest BCUT2D eigenvalue weighted by atomic mass is 35.7. The smallest absolute Gasteiger partial charge is 0.347 e. The van der Waals surface area contributed by atoms with Crippen LogP contribution in [0.5, 0.6) is 0 Å². The van der Waals surface area contributed by atoms with E-state index < -0.39 is 21.1 Å². The van der Waals surface area contributed by atoms with Crippen molar-refractivity contribution < 1.29 is 21.6 Å². The number of aromatic nitrogens is 3. The molecule has 3 rings (SSSR count). The van der Waals surface area contributed by atoms with Crippen molar-refractivity contribution in [3.63, 3.8) is 0 Å². The van der Waals surface area contributed by atoms with Crippen molar-refractivity contribution >= 4 is 25.7 Å². The number of anilines is 1. The molecule has 0 atom stereocenters. The molecule has 1 saturated carbocycles. The number of halogens is 4. The third kappa shape index (κ3) is 3.52. The van der Waals surface area contributed by atoms with Crippen LogP contribution in [0.3, 0.4) is 0 Å². The maximum absolute atomic E-state index is 13.1. The highest BCUT2D eigenvalue weighted by Gasteiger charge is 2.38. The summed E-state index contributed by atoms with van der Waals surface area (Å²) in [6, 6.07) is 2.92. The molecule has 0 spiro atoms. The average molecular weight is 409 g/mol. The van der Waals surface area contributed by atoms with Gasteiger partial charge in [0.1, 0.15) is 0 Å². The largest absolute Gasteiger partial charge is 0.453 e. The topological polar surface area (TPSA) is 68.1 Å². The Kier molecular flexibility index (Phi) is 4.47. The van der Waals surface area contributed by atoms with Crippen LogP contribution in [0.15, 0.2) is 17.0 Å². The molecule has 2 aromatic rings. The molecule has 0 unspecified atom stereocenters. The monoisotopic (exact) mass is 408 g/mol. The zero-order chi connectivity index (χ0) is 19.4. The highest BCUT2D eigenvalue weighted by molar-refractivity contribution is 8.13. The second-order valence-corrected chi connectivity index (χ2v) is 8.96. The first-order valence-electron chi connectivity index (χ1n) is 7.70. The Morgan fingerprint density at radius 3 is 2.35 bits per heavy atom. The number of aryl methyl sites for hydroxylation is 1. The molecule has 142 valence electrons. The molecule has 0 aliphatic heterocycles. The van der Waals surface area contributed by atoms with E-state index in [0.717, 1.165) is 17.5 Å². The predicted octanol–water partition coefficient (Wildman–Crippen LogP) is 3.47. The van der Waals surface area contributed by atoms with Gasteiger partial charge in [0.25, 0.3) is 14.9 Å². The summed E-state index contributed by atoms with van der Waals surface area (Å²) in [5.74, 6) is -1.20. The van der Waals surface area contributed by atoms with E-state index in [9.17, 15) is 21.6 Å². The SMILES string of the molecule is Cc1cc(-n2nc(C(F)(F)F)nc2N(C)C)c(C2CC2)cc1S(=O)(=O)Cl. The first-order valence-corrected chi connectivity index (χ1v) is 10.0. The standard InChI is InChI=1S/C15H16ClF3N4O2S/c1-8-6-11(10(9-4-5-9)7-12(8)26(16,24)25)23-14(22(2)3)20-13(21-23)15(17,18)19/h6-7,9H,4-5H2,1-3H3. The molecule has 26 heavy (non-hydrogen) atoms. The maximum Gasteiger partial charge on any atom is 0.453 e. The Morgan fingerprint density at radius 1 is 1.27 bits per heavy atom. The van der Waals surface area contributed by atoms with Gasteiger partial charge in [-0.15, -0.1) is 5.10 Å². The molecule has 0 amide bonds. The quantitative estimate of drug-likeness (QED) is 0.725. The van der Waals surface area contributed by atoms with Gasteiger partial charge in [0.2, 0.25) is 5.95 Å². The Hall–Kier alpha value is -1.81. The first kappa shape index (κ1) is 19.0. The van der Waals surface area contributed by atoms with E-state index in [1.165, 1.54) is 24.0 Å². The number of rotatable bonds is 4. The van der Waals surface area contributed by atoms with Crippen molar-refractivity contribution in [1.29, 1.82) is 0 Å². The molecule has 0 N–H and O–H groups in total. The van der Waals surface area contributed by atoms with Crippen molar-refractivity contribution in [3.8, 4) is 5.69 Å². The zero-order valence-corrected chi connectivity index (χ0v) is 15.7. The maximum atomic E-state index is 13.1. The molecular formula is C15H16ClF3N4O2S. The van der Waals surface area contributed by atoms with E-state index in [2.05, 4.69) is 10.1 Å². The van der Waals surface area contributed by atoms with Gasteiger partial charge in [-0.3, -0.25) is 0 Å². The minimum absolute atomic E-state index is 0.0000978. The van der Waals surface area contributed by atoms with Crippen LogP contribution in [-0.4, -0.2) is 37.3 Å². The molecule has 1 aromatic heterocycles. The van der Waals surface area contributed by atoms with Crippen molar-refractivity contribution in [1.82, 2.24) is 14.8 Å². The second kappa shape index (κ2) is 6.12. The van der Waals surface area contributed by atoms with Crippen molar-refractivity contribution in [2.24, 2.45) is 0 Å². The Morgan fingerprint density at radius 2 is 1.88 bits per heavy atom. The fourth-order valence-electron chi connectivity index (χ4n) is 2.73. The highest BCUT2D eigenvalue weighted by Crippen LogP contribution is 2.45. The molecule has 6 nitrogen and oxygen atoms in total. The number of benzene rings is 1. The van der Waals surface area contributed by atoms with E-state index >= 15 is 0 Å². The molecular weight excluding hydrogens is 393 g/mol. The number of nitrogens with zero attached hydrogens (tertiary/aromatic N) is 4. The van der Waals surface area contributed by atoms with Crippen LogP contribution in [0.25, 0.3) is 5.69 Å². The van der Waals surface area contributed by atoms with Gasteiger partial charge in [0.15, 0.2) is 0 Å². The van der Waals surface area contributed by atoms with E-state index in [1.807, 2.05) is 0 Å². The van der Waals surface area contributed by atoms with Crippen molar-refractivity contribution in [2.45, 2.75) is 36.8 Å². The Balaban J connectivity index is 2.27. The van der Waals surface area contributed by atoms with E-state index in [-0.39, 0.29) is 16.8 Å². The molecule has 0 radical (unpaired) electrons. The lowest BCUT2D eigenvalue weighted by atomic mass is 10.1. The predicted molar refractivity (Wildman–Crippen MR) is 90.4 cm³/mol. The fraction of sp³-hybridized carbons (Fsp3) is 0.467. The van der Waals surface area contributed by atoms with Crippen LogP contribution >= 0.6 is 10.7 Å². The van der Waals surface area contributed by atoms with Gasteiger partial charge in [-0.25, -0.2) is 8.42 Å². The van der Waals surface area contributed by atoms with Crippen LogP contribution in [0.2, 0.25) is 0 Å². The Bertz CT molecular complexity index is 966. The van der Waals surface area contributed by atoms with Crippen molar-refractivity contribution in [2.75, 3.05) is 19.0 Å². The molecule has 0 bridgehead atoms. The summed E-state index contributed by atoms with van der Waals surface area (Å²) in [5, 5.41) is 3.63. The lowest BCUT2D eigenvalue weighted by molar-refractivity contribution is -0.144. The lowest BCUT2D eigenvalue weighted by Crippen LogP contribution is -2.16. The molecule has 1 fully saturated rings. The summed E-state index contributed by atoms with van der Waals surface area (Å²) in [6.07, 6.45) is -3.06. The molecule has 1 aromatic carbocycles. The van der Waals surface area contributed by atoms with Gasteiger partial charge in [-0.2, -0.15) is 22.8 Å². The van der Waals surface area contributed by atoms with Crippen LogP contribution in [0.1, 0.15) is 35.7 Å². The summed E-state index contributed by atoms with van der Waals surface area (Å²) in [5.41, 5.74) is 1.30. The van der Waals surface area contributed by atoms with Gasteiger partial charge in [-0.05, 0) is 48.9 Å². The van der Waals surface area contributed by atoms with E-state index in [1.54, 1.807) is 14.1 Å². The van der Waals surface area contributed by atoms with Crippen LogP contribution in [0, 0.1) is 6.92 Å². The summed E-state index contributed by atoms with van der Waals surface area (Å²) < 4.78 is 63.9. The minimum Gasteiger partial charge on any atom is -0.347 e. The third-order valence-electron chi connectivity index (χ3n) is 4.08. The minimum atomic E-state index is -4.69. The molecule has 11 heteroatoms. The van der Waals surface area contributed by atoms with E-state index in [0.29, 0.717) is 16.8 Å². The summed E-state index contributed by atoms with van der Waals surface area (Å²) in [4.78, 5) is 4.96. The van der Waals surface area contributed by atoms with Crippen LogP contribution in [-0.2, 0) is 15.2 Å². The average Bonchev–Trinajstić information content (AvgIpc) is 3.21. The van der Waals surface area contributed by atoms with E-state index in [4.69, 9.17) is 10.7 Å². The van der Waals surface area contributed by atoms with Gasteiger partial charge < -0.3 is 4.90 Å². The molecule has 0 saturated heterocycles. The van der Waals surface area contributed by atoms with Gasteiger partial charge >= 0.3 is 6.18 Å². The molecule has 1 heterocycles. The zero-order valence-electron chi connectivity index (χ0n) is 14.2. The fourth-order valence-corrected chi connectivity index (χ4v) is 3.94. The number of alkyl halides is 3.